The van der Waals surface area contributed by atoms with Gasteiger partial charge < -0.3 is 5.73 Å². The summed E-state index contributed by atoms with van der Waals surface area (Å²) in [6.07, 6.45) is 6.92. The van der Waals surface area contributed by atoms with Crippen LogP contribution in [-0.4, -0.2) is 30.1 Å². The van der Waals surface area contributed by atoms with Gasteiger partial charge in [-0.3, -0.25) is 4.90 Å². The topological polar surface area (TPSA) is 29.3 Å². The predicted molar refractivity (Wildman–Crippen MR) is 73.9 cm³/mol. The van der Waals surface area contributed by atoms with E-state index in [9.17, 15) is 0 Å². The zero-order chi connectivity index (χ0) is 12.4. The van der Waals surface area contributed by atoms with Crippen LogP contribution in [0.5, 0.6) is 0 Å². The number of likely N-dealkylation sites (tertiary alicyclic amines) is 1. The molecule has 1 aliphatic carbocycles. The molecule has 0 aromatic heterocycles. The van der Waals surface area contributed by atoms with Crippen LogP contribution in [0.2, 0.25) is 0 Å². The molecule has 2 fully saturated rings. The minimum absolute atomic E-state index is 0.411. The maximum absolute atomic E-state index is 6.20. The summed E-state index contributed by atoms with van der Waals surface area (Å²) in [6.45, 7) is 9.58. The third-order valence-electron chi connectivity index (χ3n) is 4.83. The highest BCUT2D eigenvalue weighted by Crippen LogP contribution is 2.35. The third kappa shape index (κ3) is 3.23. The van der Waals surface area contributed by atoms with Crippen LogP contribution >= 0.6 is 0 Å². The SMILES string of the molecule is CC1CC(N)CN(C2CCCCC2C(C)C)C1. The largest absolute Gasteiger partial charge is 0.327 e. The Balaban J connectivity index is 2.02. The number of nitrogens with two attached hydrogens (primary N) is 1. The second-order valence-electron chi connectivity index (χ2n) is 6.81. The van der Waals surface area contributed by atoms with Gasteiger partial charge in [-0.15, -0.1) is 0 Å². The first kappa shape index (κ1) is 13.4. The lowest BCUT2D eigenvalue weighted by atomic mass is 9.76. The van der Waals surface area contributed by atoms with E-state index < -0.39 is 0 Å². The lowest BCUT2D eigenvalue weighted by molar-refractivity contribution is 0.0403. The lowest BCUT2D eigenvalue weighted by Gasteiger charge is -2.46. The molecule has 0 bridgehead atoms. The van der Waals surface area contributed by atoms with Crippen LogP contribution in [0.25, 0.3) is 0 Å². The van der Waals surface area contributed by atoms with Crippen molar-refractivity contribution in [2.75, 3.05) is 13.1 Å². The molecule has 1 heterocycles. The summed E-state index contributed by atoms with van der Waals surface area (Å²) < 4.78 is 0. The van der Waals surface area contributed by atoms with E-state index in [-0.39, 0.29) is 0 Å². The molecule has 100 valence electrons. The van der Waals surface area contributed by atoms with Gasteiger partial charge in [0.05, 0.1) is 0 Å². The summed E-state index contributed by atoms with van der Waals surface area (Å²) in [5.41, 5.74) is 6.20. The number of hydrogen-bond donors (Lipinski definition) is 1. The first-order chi connectivity index (χ1) is 8.08. The second kappa shape index (κ2) is 5.71. The molecule has 1 aliphatic heterocycles. The van der Waals surface area contributed by atoms with E-state index in [0.717, 1.165) is 30.3 Å². The van der Waals surface area contributed by atoms with E-state index in [1.807, 2.05) is 0 Å². The predicted octanol–water partition coefficient (Wildman–Crippen LogP) is 2.87. The quantitative estimate of drug-likeness (QED) is 0.801. The summed E-state index contributed by atoms with van der Waals surface area (Å²) >= 11 is 0. The van der Waals surface area contributed by atoms with E-state index in [0.29, 0.717) is 6.04 Å². The standard InChI is InChI=1S/C15H30N2/c1-11(2)14-6-4-5-7-15(14)17-9-12(3)8-13(16)10-17/h11-15H,4-10,16H2,1-3H3. The second-order valence-corrected chi connectivity index (χ2v) is 6.81. The Morgan fingerprint density at radius 1 is 1.12 bits per heavy atom. The summed E-state index contributed by atoms with van der Waals surface area (Å²) in [5.74, 6) is 2.52. The first-order valence-electron chi connectivity index (χ1n) is 7.57. The molecule has 1 saturated carbocycles. The van der Waals surface area contributed by atoms with E-state index in [2.05, 4.69) is 25.7 Å². The Hall–Kier alpha value is -0.0800. The van der Waals surface area contributed by atoms with Crippen LogP contribution in [-0.2, 0) is 0 Å². The molecule has 0 aromatic rings. The minimum Gasteiger partial charge on any atom is -0.327 e. The van der Waals surface area contributed by atoms with Crippen molar-refractivity contribution in [2.24, 2.45) is 23.5 Å². The minimum atomic E-state index is 0.411. The average Bonchev–Trinajstić information content (AvgIpc) is 2.27. The Bertz CT molecular complexity index is 229. The highest BCUT2D eigenvalue weighted by molar-refractivity contribution is 4.90. The lowest BCUT2D eigenvalue weighted by Crippen LogP contribution is -2.54. The van der Waals surface area contributed by atoms with E-state index in [4.69, 9.17) is 5.73 Å². The van der Waals surface area contributed by atoms with Gasteiger partial charge in [-0.25, -0.2) is 0 Å². The molecular formula is C15H30N2. The fourth-order valence-corrected chi connectivity index (χ4v) is 4.08. The average molecular weight is 238 g/mol. The van der Waals surface area contributed by atoms with Crippen LogP contribution < -0.4 is 5.73 Å². The first-order valence-corrected chi connectivity index (χ1v) is 7.57. The van der Waals surface area contributed by atoms with Crippen LogP contribution in [0.3, 0.4) is 0 Å². The Labute approximate surface area is 107 Å². The van der Waals surface area contributed by atoms with Gasteiger partial charge in [-0.05, 0) is 37.0 Å². The highest BCUT2D eigenvalue weighted by Gasteiger charge is 2.35. The number of nitrogens with zero attached hydrogens (tertiary/aromatic N) is 1. The number of piperidine rings is 1. The molecule has 0 spiro atoms. The van der Waals surface area contributed by atoms with Crippen molar-refractivity contribution in [3.63, 3.8) is 0 Å². The van der Waals surface area contributed by atoms with Gasteiger partial charge >= 0.3 is 0 Å². The van der Waals surface area contributed by atoms with Gasteiger partial charge in [0.25, 0.3) is 0 Å². The maximum Gasteiger partial charge on any atom is 0.0170 e. The van der Waals surface area contributed by atoms with Gasteiger partial charge in [0.15, 0.2) is 0 Å². The summed E-state index contributed by atoms with van der Waals surface area (Å²) in [5, 5.41) is 0. The number of rotatable bonds is 2. The Morgan fingerprint density at radius 2 is 1.82 bits per heavy atom. The van der Waals surface area contributed by atoms with Crippen LogP contribution in [0.15, 0.2) is 0 Å². The Kier molecular flexibility index (Phi) is 4.48. The van der Waals surface area contributed by atoms with Crippen molar-refractivity contribution >= 4 is 0 Å². The molecule has 2 N–H and O–H groups in total. The molecule has 4 atom stereocenters. The zero-order valence-electron chi connectivity index (χ0n) is 11.9. The Morgan fingerprint density at radius 3 is 2.47 bits per heavy atom. The molecule has 17 heavy (non-hydrogen) atoms. The molecule has 2 nitrogen and oxygen atoms in total. The smallest absolute Gasteiger partial charge is 0.0170 e. The fourth-order valence-electron chi connectivity index (χ4n) is 4.08. The summed E-state index contributed by atoms with van der Waals surface area (Å²) in [7, 11) is 0. The van der Waals surface area contributed by atoms with Gasteiger partial charge in [-0.1, -0.05) is 33.6 Å². The summed E-state index contributed by atoms with van der Waals surface area (Å²) in [4.78, 5) is 2.72. The van der Waals surface area contributed by atoms with Crippen molar-refractivity contribution < 1.29 is 0 Å². The van der Waals surface area contributed by atoms with Crippen molar-refractivity contribution in [1.82, 2.24) is 4.90 Å². The molecule has 0 aromatic carbocycles. The van der Waals surface area contributed by atoms with Crippen LogP contribution in [0, 0.1) is 17.8 Å². The monoisotopic (exact) mass is 238 g/mol. The normalized spacial score (nSPS) is 40.8. The van der Waals surface area contributed by atoms with E-state index in [1.54, 1.807) is 0 Å². The maximum atomic E-state index is 6.20. The fraction of sp³-hybridized carbons (Fsp3) is 1.00. The van der Waals surface area contributed by atoms with E-state index in [1.165, 1.54) is 38.6 Å². The molecule has 0 amide bonds. The van der Waals surface area contributed by atoms with Crippen LogP contribution in [0.1, 0.15) is 52.9 Å². The summed E-state index contributed by atoms with van der Waals surface area (Å²) in [6, 6.07) is 1.23. The van der Waals surface area contributed by atoms with Gasteiger partial charge in [0, 0.05) is 25.2 Å². The highest BCUT2D eigenvalue weighted by atomic mass is 15.2. The van der Waals surface area contributed by atoms with Crippen molar-refractivity contribution in [2.45, 2.75) is 65.0 Å². The molecule has 4 unspecified atom stereocenters. The van der Waals surface area contributed by atoms with Gasteiger partial charge in [0.1, 0.15) is 0 Å². The zero-order valence-corrected chi connectivity index (χ0v) is 11.9. The van der Waals surface area contributed by atoms with Gasteiger partial charge in [0.2, 0.25) is 0 Å². The molecule has 1 saturated heterocycles. The van der Waals surface area contributed by atoms with Crippen molar-refractivity contribution in [3.05, 3.63) is 0 Å². The molecule has 2 heteroatoms. The molecule has 2 rings (SSSR count). The third-order valence-corrected chi connectivity index (χ3v) is 4.83. The molecular weight excluding hydrogens is 208 g/mol. The van der Waals surface area contributed by atoms with Gasteiger partial charge in [-0.2, -0.15) is 0 Å². The van der Waals surface area contributed by atoms with Crippen molar-refractivity contribution in [1.29, 1.82) is 0 Å². The molecule has 2 aliphatic rings. The van der Waals surface area contributed by atoms with E-state index >= 15 is 0 Å². The van der Waals surface area contributed by atoms with Crippen LogP contribution in [0.4, 0.5) is 0 Å². The number of hydrogen-bond acceptors (Lipinski definition) is 2. The molecule has 0 radical (unpaired) electrons. The van der Waals surface area contributed by atoms with Crippen molar-refractivity contribution in [3.8, 4) is 0 Å².